The van der Waals surface area contributed by atoms with Crippen LogP contribution in [-0.4, -0.2) is 29.2 Å². The number of hydrogen-bond donors (Lipinski definition) is 1. The summed E-state index contributed by atoms with van der Waals surface area (Å²) in [6, 6.07) is 2.53. The fourth-order valence-electron chi connectivity index (χ4n) is 2.90. The van der Waals surface area contributed by atoms with Gasteiger partial charge >= 0.3 is 0 Å². The van der Waals surface area contributed by atoms with Gasteiger partial charge < -0.3 is 10.0 Å². The predicted molar refractivity (Wildman–Crippen MR) is 82.1 cm³/mol. The van der Waals surface area contributed by atoms with Gasteiger partial charge in [-0.2, -0.15) is 0 Å². The van der Waals surface area contributed by atoms with Crippen LogP contribution in [0.2, 0.25) is 0 Å². The van der Waals surface area contributed by atoms with Crippen molar-refractivity contribution in [1.29, 1.82) is 0 Å². The van der Waals surface area contributed by atoms with Crippen molar-refractivity contribution in [3.8, 4) is 0 Å². The first kappa shape index (κ1) is 16.2. The highest BCUT2D eigenvalue weighted by Crippen LogP contribution is 2.36. The van der Waals surface area contributed by atoms with Crippen LogP contribution in [0.4, 0.5) is 15.8 Å². The summed E-state index contributed by atoms with van der Waals surface area (Å²) in [7, 11) is 0. The second-order valence-electron chi connectivity index (χ2n) is 5.22. The first-order chi connectivity index (χ1) is 10.0. The molecule has 21 heavy (non-hydrogen) atoms. The number of aliphatic hydroxyl groups is 1. The van der Waals surface area contributed by atoms with Crippen LogP contribution in [0.3, 0.4) is 0 Å². The summed E-state index contributed by atoms with van der Waals surface area (Å²) in [5, 5.41) is 20.5. The van der Waals surface area contributed by atoms with Gasteiger partial charge in [0.25, 0.3) is 5.69 Å². The van der Waals surface area contributed by atoms with Crippen molar-refractivity contribution in [3.63, 3.8) is 0 Å². The molecule has 0 unspecified atom stereocenters. The van der Waals surface area contributed by atoms with Gasteiger partial charge in [0.15, 0.2) is 0 Å². The summed E-state index contributed by atoms with van der Waals surface area (Å²) in [6.45, 7) is 0.215. The molecule has 7 heteroatoms. The second-order valence-corrected chi connectivity index (χ2v) is 6.08. The van der Waals surface area contributed by atoms with E-state index in [9.17, 15) is 19.6 Å². The summed E-state index contributed by atoms with van der Waals surface area (Å²) in [5.74, 6) is -0.655. The maximum Gasteiger partial charge on any atom is 0.295 e. The van der Waals surface area contributed by atoms with E-state index in [4.69, 9.17) is 0 Å². The van der Waals surface area contributed by atoms with E-state index < -0.39 is 10.7 Å². The maximum absolute atomic E-state index is 13.6. The SMILES string of the molecule is O=[N+]([O-])c1cc(F)c(Br)cc1N(CCO)C1CCCCC1. The van der Waals surface area contributed by atoms with E-state index in [0.29, 0.717) is 12.2 Å². The largest absolute Gasteiger partial charge is 0.395 e. The number of rotatable bonds is 5. The molecule has 1 saturated carbocycles. The summed E-state index contributed by atoms with van der Waals surface area (Å²) in [6.07, 6.45) is 5.18. The average Bonchev–Trinajstić information content (AvgIpc) is 2.48. The monoisotopic (exact) mass is 360 g/mol. The Hall–Kier alpha value is -1.21. The second kappa shape index (κ2) is 7.17. The van der Waals surface area contributed by atoms with Crippen molar-refractivity contribution >= 4 is 27.3 Å². The molecule has 0 heterocycles. The van der Waals surface area contributed by atoms with Crippen molar-refractivity contribution in [2.45, 2.75) is 38.1 Å². The highest BCUT2D eigenvalue weighted by Gasteiger charge is 2.28. The lowest BCUT2D eigenvalue weighted by Gasteiger charge is -2.35. The highest BCUT2D eigenvalue weighted by molar-refractivity contribution is 9.10. The molecule has 1 aliphatic rings. The Bertz CT molecular complexity index is 521. The van der Waals surface area contributed by atoms with E-state index in [0.717, 1.165) is 31.7 Å². The number of anilines is 1. The van der Waals surface area contributed by atoms with E-state index in [1.165, 1.54) is 12.5 Å². The van der Waals surface area contributed by atoms with Gasteiger partial charge in [-0.05, 0) is 34.8 Å². The number of benzene rings is 1. The van der Waals surface area contributed by atoms with Crippen molar-refractivity contribution in [1.82, 2.24) is 0 Å². The van der Waals surface area contributed by atoms with Crippen molar-refractivity contribution in [3.05, 3.63) is 32.5 Å². The van der Waals surface area contributed by atoms with Gasteiger partial charge in [-0.1, -0.05) is 19.3 Å². The van der Waals surface area contributed by atoms with Crippen LogP contribution in [0.1, 0.15) is 32.1 Å². The molecule has 0 spiro atoms. The lowest BCUT2D eigenvalue weighted by Crippen LogP contribution is -2.39. The molecule has 0 aliphatic heterocycles. The van der Waals surface area contributed by atoms with Crippen LogP contribution in [-0.2, 0) is 0 Å². The first-order valence-corrected chi connectivity index (χ1v) is 7.85. The molecule has 116 valence electrons. The minimum atomic E-state index is -0.655. The highest BCUT2D eigenvalue weighted by atomic mass is 79.9. The molecule has 1 aromatic carbocycles. The number of aliphatic hydroxyl groups excluding tert-OH is 1. The quantitative estimate of drug-likeness (QED) is 0.643. The van der Waals surface area contributed by atoms with Gasteiger partial charge in [0.1, 0.15) is 11.5 Å². The Morgan fingerprint density at radius 3 is 2.62 bits per heavy atom. The lowest BCUT2D eigenvalue weighted by molar-refractivity contribution is -0.384. The standard InChI is InChI=1S/C14H18BrFN2O3/c15-11-8-13(14(18(20)21)9-12(11)16)17(6-7-19)10-4-2-1-3-5-10/h8-10,19H,1-7H2. The Labute approximate surface area is 131 Å². The van der Waals surface area contributed by atoms with Crippen LogP contribution in [0.15, 0.2) is 16.6 Å². The minimum absolute atomic E-state index is 0.0946. The van der Waals surface area contributed by atoms with Gasteiger partial charge in [-0.3, -0.25) is 10.1 Å². The molecule has 0 saturated heterocycles. The molecule has 2 rings (SSSR count). The fourth-order valence-corrected chi connectivity index (χ4v) is 3.23. The molecule has 1 fully saturated rings. The van der Waals surface area contributed by atoms with Crippen LogP contribution in [0, 0.1) is 15.9 Å². The topological polar surface area (TPSA) is 66.6 Å². The van der Waals surface area contributed by atoms with Gasteiger partial charge in [0.05, 0.1) is 22.1 Å². The zero-order valence-electron chi connectivity index (χ0n) is 11.6. The third-order valence-corrected chi connectivity index (χ3v) is 4.49. The van der Waals surface area contributed by atoms with Crippen molar-refractivity contribution in [2.24, 2.45) is 0 Å². The van der Waals surface area contributed by atoms with E-state index in [-0.39, 0.29) is 22.8 Å². The molecule has 0 bridgehead atoms. The molecule has 0 atom stereocenters. The minimum Gasteiger partial charge on any atom is -0.395 e. The van der Waals surface area contributed by atoms with Gasteiger partial charge in [-0.15, -0.1) is 0 Å². The molecule has 1 aliphatic carbocycles. The van der Waals surface area contributed by atoms with E-state index in [1.54, 1.807) is 0 Å². The molecular weight excluding hydrogens is 343 g/mol. The first-order valence-electron chi connectivity index (χ1n) is 7.05. The predicted octanol–water partition coefficient (Wildman–Crippen LogP) is 3.63. The van der Waals surface area contributed by atoms with Crippen LogP contribution in [0.25, 0.3) is 0 Å². The van der Waals surface area contributed by atoms with Crippen molar-refractivity contribution < 1.29 is 14.4 Å². The fraction of sp³-hybridized carbons (Fsp3) is 0.571. The smallest absolute Gasteiger partial charge is 0.295 e. The van der Waals surface area contributed by atoms with Gasteiger partial charge in [0, 0.05) is 12.6 Å². The molecule has 1 aromatic rings. The van der Waals surface area contributed by atoms with Crippen LogP contribution >= 0.6 is 15.9 Å². The summed E-state index contributed by atoms with van der Waals surface area (Å²) in [5.41, 5.74) is 0.115. The molecule has 0 amide bonds. The Morgan fingerprint density at radius 2 is 2.05 bits per heavy atom. The Kier molecular flexibility index (Phi) is 5.52. The van der Waals surface area contributed by atoms with E-state index in [1.807, 2.05) is 4.90 Å². The van der Waals surface area contributed by atoms with Crippen LogP contribution < -0.4 is 4.90 Å². The van der Waals surface area contributed by atoms with Gasteiger partial charge in [-0.25, -0.2) is 4.39 Å². The third kappa shape index (κ3) is 3.71. The third-order valence-electron chi connectivity index (χ3n) is 3.88. The number of hydrogen-bond acceptors (Lipinski definition) is 4. The normalized spacial score (nSPS) is 16.0. The summed E-state index contributed by atoms with van der Waals surface area (Å²) in [4.78, 5) is 12.5. The summed E-state index contributed by atoms with van der Waals surface area (Å²) >= 11 is 3.09. The maximum atomic E-state index is 13.6. The van der Waals surface area contributed by atoms with Crippen molar-refractivity contribution in [2.75, 3.05) is 18.1 Å². The number of nitrogens with zero attached hydrogens (tertiary/aromatic N) is 2. The van der Waals surface area contributed by atoms with Crippen LogP contribution in [0.5, 0.6) is 0 Å². The zero-order chi connectivity index (χ0) is 15.4. The molecule has 0 aromatic heterocycles. The Balaban J connectivity index is 2.42. The average molecular weight is 361 g/mol. The van der Waals surface area contributed by atoms with Gasteiger partial charge in [0.2, 0.25) is 0 Å². The molecule has 5 nitrogen and oxygen atoms in total. The number of nitro benzene ring substituents is 1. The van der Waals surface area contributed by atoms with E-state index >= 15 is 0 Å². The van der Waals surface area contributed by atoms with E-state index in [2.05, 4.69) is 15.9 Å². The number of nitro groups is 1. The molecule has 0 radical (unpaired) electrons. The zero-order valence-corrected chi connectivity index (χ0v) is 13.2. The molecule has 1 N–H and O–H groups in total. The molecular formula is C14H18BrFN2O3. The lowest BCUT2D eigenvalue weighted by atomic mass is 9.93. The summed E-state index contributed by atoms with van der Waals surface area (Å²) < 4.78 is 13.8. The Morgan fingerprint density at radius 1 is 1.38 bits per heavy atom. The number of halogens is 2.